The van der Waals surface area contributed by atoms with Gasteiger partial charge in [0.2, 0.25) is 0 Å². The van der Waals surface area contributed by atoms with Crippen LogP contribution in [0.5, 0.6) is 5.75 Å². The van der Waals surface area contributed by atoms with Crippen molar-refractivity contribution in [2.75, 3.05) is 37.7 Å². The molecule has 0 N–H and O–H groups in total. The third-order valence-corrected chi connectivity index (χ3v) is 5.46. The molecule has 4 rings (SSSR count). The molecule has 3 aromatic rings. The quantitative estimate of drug-likeness (QED) is 0.570. The van der Waals surface area contributed by atoms with Crippen LogP contribution in [0.1, 0.15) is 25.6 Å². The van der Waals surface area contributed by atoms with Gasteiger partial charge in [-0.15, -0.1) is 0 Å². The van der Waals surface area contributed by atoms with Gasteiger partial charge in [-0.25, -0.2) is 0 Å². The molecule has 0 bridgehead atoms. The number of nitrogens with zero attached hydrogens (tertiary/aromatic N) is 4. The van der Waals surface area contributed by atoms with Crippen molar-refractivity contribution in [3.05, 3.63) is 59.4 Å². The van der Waals surface area contributed by atoms with Crippen molar-refractivity contribution < 1.29 is 14.1 Å². The number of amides is 1. The van der Waals surface area contributed by atoms with Gasteiger partial charge in [0.15, 0.2) is 12.4 Å². The summed E-state index contributed by atoms with van der Waals surface area (Å²) >= 11 is 6.08. The van der Waals surface area contributed by atoms with E-state index in [-0.39, 0.29) is 18.4 Å². The zero-order valence-corrected chi connectivity index (χ0v) is 18.4. The number of halogens is 1. The van der Waals surface area contributed by atoms with Crippen molar-refractivity contribution in [1.82, 2.24) is 15.0 Å². The minimum atomic E-state index is -0.0201. The molecule has 8 heteroatoms. The Kier molecular flexibility index (Phi) is 6.42. The van der Waals surface area contributed by atoms with Gasteiger partial charge in [-0.3, -0.25) is 4.79 Å². The molecule has 1 saturated heterocycles. The van der Waals surface area contributed by atoms with Crippen LogP contribution in [-0.4, -0.2) is 53.7 Å². The van der Waals surface area contributed by atoms with Crippen LogP contribution >= 0.6 is 11.6 Å². The lowest BCUT2D eigenvalue weighted by Crippen LogP contribution is -2.50. The third kappa shape index (κ3) is 5.17. The van der Waals surface area contributed by atoms with Crippen LogP contribution in [0, 0.1) is 0 Å². The highest BCUT2D eigenvalue weighted by atomic mass is 35.5. The highest BCUT2D eigenvalue weighted by Gasteiger charge is 2.22. The smallest absolute Gasteiger partial charge is 0.260 e. The van der Waals surface area contributed by atoms with Crippen LogP contribution < -0.4 is 9.64 Å². The largest absolute Gasteiger partial charge is 0.484 e. The van der Waals surface area contributed by atoms with E-state index in [1.54, 1.807) is 12.1 Å². The molecule has 1 aromatic heterocycles. The molecule has 31 heavy (non-hydrogen) atoms. The summed E-state index contributed by atoms with van der Waals surface area (Å²) in [5, 5.41) is 4.69. The molecular formula is C23H25ClN4O3. The lowest BCUT2D eigenvalue weighted by atomic mass is 10.2. The number of hydrogen-bond donors (Lipinski definition) is 0. The molecule has 0 radical (unpaired) electrons. The second-order valence-electron chi connectivity index (χ2n) is 7.77. The van der Waals surface area contributed by atoms with Gasteiger partial charge in [0.25, 0.3) is 11.8 Å². The molecule has 2 aromatic carbocycles. The van der Waals surface area contributed by atoms with Gasteiger partial charge >= 0.3 is 0 Å². The van der Waals surface area contributed by atoms with E-state index in [0.29, 0.717) is 30.6 Å². The summed E-state index contributed by atoms with van der Waals surface area (Å²) in [6.45, 7) is 6.88. The van der Waals surface area contributed by atoms with Gasteiger partial charge < -0.3 is 19.1 Å². The molecule has 0 saturated carbocycles. The van der Waals surface area contributed by atoms with Gasteiger partial charge in [-0.05, 0) is 42.5 Å². The number of carbonyl (C=O) groups excluding carboxylic acids is 1. The summed E-state index contributed by atoms with van der Waals surface area (Å²) in [4.78, 5) is 21.0. The standard InChI is InChI=1S/C23H25ClN4O3/c1-16(2)22-25-23(31-26-22)17-6-8-20(9-7-17)30-15-21(29)28-12-10-27(11-13-28)19-5-3-4-18(24)14-19/h3-9,14,16H,10-13,15H2,1-2H3. The van der Waals surface area contributed by atoms with Crippen LogP contribution in [0.2, 0.25) is 5.02 Å². The normalized spacial score (nSPS) is 14.2. The van der Waals surface area contributed by atoms with Crippen LogP contribution in [0.25, 0.3) is 11.5 Å². The predicted octanol–water partition coefficient (Wildman–Crippen LogP) is 4.24. The first-order valence-electron chi connectivity index (χ1n) is 10.3. The number of rotatable bonds is 6. The van der Waals surface area contributed by atoms with Gasteiger partial charge in [0.1, 0.15) is 5.75 Å². The average Bonchev–Trinajstić information content (AvgIpc) is 3.29. The SMILES string of the molecule is CC(C)c1noc(-c2ccc(OCC(=O)N3CCN(c4cccc(Cl)c4)CC3)cc2)n1. The Hall–Kier alpha value is -3.06. The average molecular weight is 441 g/mol. The van der Waals surface area contributed by atoms with E-state index in [0.717, 1.165) is 29.4 Å². The fourth-order valence-electron chi connectivity index (χ4n) is 3.40. The number of anilines is 1. The second-order valence-corrected chi connectivity index (χ2v) is 8.21. The number of aromatic nitrogens is 2. The maximum absolute atomic E-state index is 12.6. The molecule has 1 aliphatic heterocycles. The van der Waals surface area contributed by atoms with Crippen LogP contribution in [0.3, 0.4) is 0 Å². The van der Waals surface area contributed by atoms with Crippen molar-refractivity contribution in [3.63, 3.8) is 0 Å². The zero-order valence-electron chi connectivity index (χ0n) is 17.6. The highest BCUT2D eigenvalue weighted by Crippen LogP contribution is 2.23. The fraction of sp³-hybridized carbons (Fsp3) is 0.348. The number of benzene rings is 2. The van der Waals surface area contributed by atoms with Crippen molar-refractivity contribution in [2.24, 2.45) is 0 Å². The second kappa shape index (κ2) is 9.39. The monoisotopic (exact) mass is 440 g/mol. The minimum Gasteiger partial charge on any atom is -0.484 e. The van der Waals surface area contributed by atoms with Crippen molar-refractivity contribution >= 4 is 23.2 Å². The summed E-state index contributed by atoms with van der Waals surface area (Å²) in [5.74, 6) is 1.96. The number of ether oxygens (including phenoxy) is 1. The summed E-state index contributed by atoms with van der Waals surface area (Å²) in [7, 11) is 0. The molecule has 7 nitrogen and oxygen atoms in total. The van der Waals surface area contributed by atoms with Crippen molar-refractivity contribution in [3.8, 4) is 17.2 Å². The van der Waals surface area contributed by atoms with E-state index >= 15 is 0 Å². The van der Waals surface area contributed by atoms with Crippen LogP contribution in [0.15, 0.2) is 53.1 Å². The molecule has 162 valence electrons. The van der Waals surface area contributed by atoms with E-state index in [4.69, 9.17) is 20.9 Å². The fourth-order valence-corrected chi connectivity index (χ4v) is 3.59. The molecule has 1 fully saturated rings. The third-order valence-electron chi connectivity index (χ3n) is 5.23. The first-order chi connectivity index (χ1) is 15.0. The maximum Gasteiger partial charge on any atom is 0.260 e. The Morgan fingerprint density at radius 1 is 1.13 bits per heavy atom. The predicted molar refractivity (Wildman–Crippen MR) is 120 cm³/mol. The molecule has 0 atom stereocenters. The first kappa shape index (κ1) is 21.2. The summed E-state index contributed by atoms with van der Waals surface area (Å²) < 4.78 is 11.0. The van der Waals surface area contributed by atoms with Gasteiger partial charge in [-0.2, -0.15) is 4.98 Å². The van der Waals surface area contributed by atoms with Crippen molar-refractivity contribution in [2.45, 2.75) is 19.8 Å². The number of piperazine rings is 1. The Labute approximate surface area is 186 Å². The lowest BCUT2D eigenvalue weighted by Gasteiger charge is -2.36. The molecule has 2 heterocycles. The van der Waals surface area contributed by atoms with Gasteiger partial charge in [-0.1, -0.05) is 36.7 Å². The minimum absolute atomic E-state index is 0.00850. The van der Waals surface area contributed by atoms with Crippen LogP contribution in [-0.2, 0) is 4.79 Å². The topological polar surface area (TPSA) is 71.7 Å². The lowest BCUT2D eigenvalue weighted by molar-refractivity contribution is -0.133. The zero-order chi connectivity index (χ0) is 21.8. The summed E-state index contributed by atoms with van der Waals surface area (Å²) in [6.07, 6.45) is 0. The van der Waals surface area contributed by atoms with E-state index in [1.807, 2.05) is 55.1 Å². The summed E-state index contributed by atoms with van der Waals surface area (Å²) in [5.41, 5.74) is 1.90. The number of carbonyl (C=O) groups is 1. The molecular weight excluding hydrogens is 416 g/mol. The van der Waals surface area contributed by atoms with Gasteiger partial charge in [0.05, 0.1) is 0 Å². The van der Waals surface area contributed by atoms with E-state index < -0.39 is 0 Å². The first-order valence-corrected chi connectivity index (χ1v) is 10.7. The molecule has 0 unspecified atom stereocenters. The Balaban J connectivity index is 1.27. The van der Waals surface area contributed by atoms with E-state index in [2.05, 4.69) is 15.0 Å². The van der Waals surface area contributed by atoms with E-state index in [1.165, 1.54) is 0 Å². The van der Waals surface area contributed by atoms with E-state index in [9.17, 15) is 4.79 Å². The molecule has 1 amide bonds. The number of hydrogen-bond acceptors (Lipinski definition) is 6. The summed E-state index contributed by atoms with van der Waals surface area (Å²) in [6, 6.07) is 15.1. The molecule has 0 aliphatic carbocycles. The highest BCUT2D eigenvalue weighted by molar-refractivity contribution is 6.30. The van der Waals surface area contributed by atoms with Gasteiger partial charge in [0, 0.05) is 48.4 Å². The van der Waals surface area contributed by atoms with Crippen LogP contribution in [0.4, 0.5) is 5.69 Å². The Morgan fingerprint density at radius 2 is 1.87 bits per heavy atom. The maximum atomic E-state index is 12.6. The molecule has 0 spiro atoms. The Morgan fingerprint density at radius 3 is 2.52 bits per heavy atom. The van der Waals surface area contributed by atoms with Crippen molar-refractivity contribution in [1.29, 1.82) is 0 Å². The Bertz CT molecular complexity index is 1030. The molecule has 1 aliphatic rings.